The summed E-state index contributed by atoms with van der Waals surface area (Å²) in [6.45, 7) is 4.99. The summed E-state index contributed by atoms with van der Waals surface area (Å²) in [5, 5.41) is 0. The lowest BCUT2D eigenvalue weighted by atomic mass is 9.59. The molecule has 1 saturated heterocycles. The van der Waals surface area contributed by atoms with Crippen molar-refractivity contribution in [1.82, 2.24) is 9.55 Å². The van der Waals surface area contributed by atoms with E-state index in [0.717, 1.165) is 18.7 Å². The van der Waals surface area contributed by atoms with Crippen molar-refractivity contribution in [3.05, 3.63) is 48.5 Å². The zero-order valence-corrected chi connectivity index (χ0v) is 13.3. The molecule has 0 unspecified atom stereocenters. The van der Waals surface area contributed by atoms with Crippen LogP contribution in [0.5, 0.6) is 0 Å². The average molecular weight is 312 g/mol. The van der Waals surface area contributed by atoms with Crippen LogP contribution in [0, 0.1) is 11.3 Å². The summed E-state index contributed by atoms with van der Waals surface area (Å²) in [6, 6.07) is 7.38. The van der Waals surface area contributed by atoms with E-state index in [9.17, 15) is 4.79 Å². The normalized spacial score (nSPS) is 28.0. The zero-order chi connectivity index (χ0) is 16.0. The maximum absolute atomic E-state index is 12.4. The maximum atomic E-state index is 12.4. The second-order valence-corrected chi connectivity index (χ2v) is 6.91. The molecule has 5 nitrogen and oxygen atoms in total. The van der Waals surface area contributed by atoms with Crippen molar-refractivity contribution < 1.29 is 14.3 Å². The molecule has 0 radical (unpaired) electrons. The van der Waals surface area contributed by atoms with Crippen molar-refractivity contribution in [2.75, 3.05) is 6.61 Å². The molecule has 1 aliphatic carbocycles. The molecule has 3 atom stereocenters. The summed E-state index contributed by atoms with van der Waals surface area (Å²) >= 11 is 0. The van der Waals surface area contributed by atoms with E-state index >= 15 is 0 Å². The first kappa shape index (κ1) is 14.5. The molecule has 0 N–H and O–H groups in total. The van der Waals surface area contributed by atoms with Crippen molar-refractivity contribution in [2.45, 2.75) is 32.5 Å². The van der Waals surface area contributed by atoms with Gasteiger partial charge in [0.25, 0.3) is 0 Å². The third kappa shape index (κ3) is 2.27. The number of ether oxygens (including phenoxy) is 2. The monoisotopic (exact) mass is 312 g/mol. The van der Waals surface area contributed by atoms with Crippen LogP contribution in [0.25, 0.3) is 5.69 Å². The Morgan fingerprint density at radius 1 is 1.35 bits per heavy atom. The minimum Gasteiger partial charge on any atom is -0.458 e. The maximum Gasteiger partial charge on any atom is 0.338 e. The van der Waals surface area contributed by atoms with E-state index in [1.165, 1.54) is 0 Å². The van der Waals surface area contributed by atoms with E-state index in [1.807, 2.05) is 22.9 Å². The molecular weight excluding hydrogens is 292 g/mol. The quantitative estimate of drug-likeness (QED) is 0.818. The van der Waals surface area contributed by atoms with E-state index < -0.39 is 0 Å². The van der Waals surface area contributed by atoms with E-state index in [4.69, 9.17) is 9.47 Å². The molecule has 1 aromatic carbocycles. The lowest BCUT2D eigenvalue weighted by Crippen LogP contribution is -2.61. The smallest absolute Gasteiger partial charge is 0.338 e. The number of hydrogen-bond donors (Lipinski definition) is 0. The third-order valence-corrected chi connectivity index (χ3v) is 5.13. The van der Waals surface area contributed by atoms with Crippen LogP contribution in [0.4, 0.5) is 0 Å². The number of nitrogens with zero attached hydrogens (tertiary/aromatic N) is 2. The van der Waals surface area contributed by atoms with Crippen molar-refractivity contribution in [3.8, 4) is 5.69 Å². The summed E-state index contributed by atoms with van der Waals surface area (Å²) in [5.41, 5.74) is 1.44. The number of hydrogen-bond acceptors (Lipinski definition) is 4. The van der Waals surface area contributed by atoms with Gasteiger partial charge in [-0.2, -0.15) is 0 Å². The van der Waals surface area contributed by atoms with Crippen LogP contribution in [0.2, 0.25) is 0 Å². The minimum absolute atomic E-state index is 0.0594. The predicted octanol–water partition coefficient (Wildman–Crippen LogP) is 2.84. The summed E-state index contributed by atoms with van der Waals surface area (Å²) in [7, 11) is 0. The van der Waals surface area contributed by atoms with Crippen LogP contribution in [0.3, 0.4) is 0 Å². The Kier molecular flexibility index (Phi) is 3.27. The topological polar surface area (TPSA) is 53.4 Å². The Labute approximate surface area is 135 Å². The summed E-state index contributed by atoms with van der Waals surface area (Å²) < 4.78 is 13.4. The summed E-state index contributed by atoms with van der Waals surface area (Å²) in [5.74, 6) is 0.0878. The van der Waals surface area contributed by atoms with E-state index in [2.05, 4.69) is 18.8 Å². The highest BCUT2D eigenvalue weighted by Crippen LogP contribution is 2.53. The van der Waals surface area contributed by atoms with Gasteiger partial charge in [0, 0.05) is 36.0 Å². The molecular formula is C18H20N2O3. The second kappa shape index (κ2) is 5.20. The fraction of sp³-hybridized carbons (Fsp3) is 0.444. The van der Waals surface area contributed by atoms with Gasteiger partial charge in [0.1, 0.15) is 6.10 Å². The largest absolute Gasteiger partial charge is 0.458 e. The molecule has 2 heterocycles. The fourth-order valence-corrected chi connectivity index (χ4v) is 3.88. The molecule has 2 aromatic rings. The fourth-order valence-electron chi connectivity index (χ4n) is 3.88. The molecule has 2 fully saturated rings. The standard InChI is InChI=1S/C18H20N2O3/c1-18(2)15-14(7-10-22-15)16(18)23-17(21)12-3-5-13(6-4-12)20-9-8-19-11-20/h3-6,8-9,11,14-16H,7,10H2,1-2H3/t14-,15-,16-/m1/s1. The number of fused-ring (bicyclic) bond motifs is 1. The molecule has 0 bridgehead atoms. The van der Waals surface area contributed by atoms with Gasteiger partial charge >= 0.3 is 5.97 Å². The minimum atomic E-state index is -0.259. The van der Waals surface area contributed by atoms with Gasteiger partial charge in [-0.1, -0.05) is 13.8 Å². The lowest BCUT2D eigenvalue weighted by Gasteiger charge is -2.53. The van der Waals surface area contributed by atoms with Gasteiger partial charge in [0.2, 0.25) is 0 Å². The lowest BCUT2D eigenvalue weighted by molar-refractivity contribution is -0.183. The third-order valence-electron chi connectivity index (χ3n) is 5.13. The van der Waals surface area contributed by atoms with Crippen molar-refractivity contribution in [3.63, 3.8) is 0 Å². The van der Waals surface area contributed by atoms with Crippen LogP contribution in [-0.2, 0) is 9.47 Å². The van der Waals surface area contributed by atoms with Crippen LogP contribution in [0.1, 0.15) is 30.6 Å². The van der Waals surface area contributed by atoms with E-state index in [-0.39, 0.29) is 23.6 Å². The molecule has 2 aliphatic rings. The van der Waals surface area contributed by atoms with Gasteiger partial charge in [-0.3, -0.25) is 0 Å². The van der Waals surface area contributed by atoms with Gasteiger partial charge in [-0.15, -0.1) is 0 Å². The Morgan fingerprint density at radius 3 is 2.83 bits per heavy atom. The highest BCUT2D eigenvalue weighted by Gasteiger charge is 2.61. The first-order valence-electron chi connectivity index (χ1n) is 7.98. The number of aromatic nitrogens is 2. The number of carbonyl (C=O) groups is 1. The molecule has 0 spiro atoms. The SMILES string of the molecule is CC1(C)[C@@H]2OCC[C@H]2[C@H]1OC(=O)c1ccc(-n2ccnc2)cc1. The highest BCUT2D eigenvalue weighted by atomic mass is 16.6. The van der Waals surface area contributed by atoms with Gasteiger partial charge < -0.3 is 14.0 Å². The van der Waals surface area contributed by atoms with Crippen LogP contribution >= 0.6 is 0 Å². The summed E-state index contributed by atoms with van der Waals surface area (Å²) in [6.07, 6.45) is 6.46. The Balaban J connectivity index is 1.47. The molecule has 1 aliphatic heterocycles. The second-order valence-electron chi connectivity index (χ2n) is 6.91. The van der Waals surface area contributed by atoms with Gasteiger partial charge in [-0.05, 0) is 30.7 Å². The van der Waals surface area contributed by atoms with Gasteiger partial charge in [-0.25, -0.2) is 9.78 Å². The van der Waals surface area contributed by atoms with Crippen molar-refractivity contribution in [2.24, 2.45) is 11.3 Å². The van der Waals surface area contributed by atoms with Crippen molar-refractivity contribution in [1.29, 1.82) is 0 Å². The molecule has 1 aromatic heterocycles. The summed E-state index contributed by atoms with van der Waals surface area (Å²) in [4.78, 5) is 16.5. The van der Waals surface area contributed by atoms with Gasteiger partial charge in [0.05, 0.1) is 18.0 Å². The van der Waals surface area contributed by atoms with E-state index in [0.29, 0.717) is 11.5 Å². The zero-order valence-electron chi connectivity index (χ0n) is 13.3. The molecule has 120 valence electrons. The number of esters is 1. The number of benzene rings is 1. The van der Waals surface area contributed by atoms with Gasteiger partial charge in [0.15, 0.2) is 0 Å². The first-order chi connectivity index (χ1) is 11.1. The number of carbonyl (C=O) groups excluding carboxylic acids is 1. The highest BCUT2D eigenvalue weighted by molar-refractivity contribution is 5.89. The Hall–Kier alpha value is -2.14. The van der Waals surface area contributed by atoms with Crippen LogP contribution in [-0.4, -0.2) is 34.3 Å². The molecule has 1 saturated carbocycles. The molecule has 4 rings (SSSR count). The predicted molar refractivity (Wildman–Crippen MR) is 84.4 cm³/mol. The van der Waals surface area contributed by atoms with E-state index in [1.54, 1.807) is 24.7 Å². The molecule has 0 amide bonds. The average Bonchev–Trinajstić information content (AvgIpc) is 3.23. The Bertz CT molecular complexity index is 706. The van der Waals surface area contributed by atoms with Crippen LogP contribution in [0.15, 0.2) is 43.0 Å². The molecule has 5 heteroatoms. The molecule has 23 heavy (non-hydrogen) atoms. The van der Waals surface area contributed by atoms with Crippen molar-refractivity contribution >= 4 is 5.97 Å². The Morgan fingerprint density at radius 2 is 2.13 bits per heavy atom. The van der Waals surface area contributed by atoms with Crippen LogP contribution < -0.4 is 0 Å². The first-order valence-corrected chi connectivity index (χ1v) is 7.98. The number of imidazole rings is 1. The number of rotatable bonds is 3.